The summed E-state index contributed by atoms with van der Waals surface area (Å²) in [7, 11) is 3.83. The lowest BCUT2D eigenvalue weighted by atomic mass is 9.92. The predicted molar refractivity (Wildman–Crippen MR) is 113 cm³/mol. The summed E-state index contributed by atoms with van der Waals surface area (Å²) in [6.07, 6.45) is 0. The number of rotatable bonds is 5. The number of urea groups is 1. The number of carbonyl (C=O) groups is 3. The van der Waals surface area contributed by atoms with Gasteiger partial charge in [-0.3, -0.25) is 14.5 Å². The monoisotopic (exact) mass is 434 g/mol. The third-order valence-corrected chi connectivity index (χ3v) is 5.48. The van der Waals surface area contributed by atoms with Gasteiger partial charge < -0.3 is 15.5 Å². The van der Waals surface area contributed by atoms with Gasteiger partial charge in [-0.2, -0.15) is 0 Å². The minimum absolute atomic E-state index is 0.268. The van der Waals surface area contributed by atoms with E-state index in [9.17, 15) is 14.4 Å². The normalized spacial score (nSPS) is 18.6. The number of halogens is 2. The number of nitrogens with one attached hydrogen (secondary N) is 2. The van der Waals surface area contributed by atoms with Crippen LogP contribution < -0.4 is 15.5 Å². The Morgan fingerprint density at radius 3 is 2.34 bits per heavy atom. The number of anilines is 2. The Balaban J connectivity index is 1.72. The van der Waals surface area contributed by atoms with E-state index in [2.05, 4.69) is 10.6 Å². The summed E-state index contributed by atoms with van der Waals surface area (Å²) in [5.41, 5.74) is 0.695. The van der Waals surface area contributed by atoms with E-state index in [4.69, 9.17) is 23.2 Å². The maximum absolute atomic E-state index is 12.9. The van der Waals surface area contributed by atoms with Crippen LogP contribution in [0.3, 0.4) is 0 Å². The first-order chi connectivity index (χ1) is 13.6. The fourth-order valence-corrected chi connectivity index (χ4v) is 3.33. The summed E-state index contributed by atoms with van der Waals surface area (Å²) < 4.78 is 0. The Kier molecular flexibility index (Phi) is 5.73. The fraction of sp³-hybridized carbons (Fsp3) is 0.250. The van der Waals surface area contributed by atoms with Crippen molar-refractivity contribution in [3.8, 4) is 0 Å². The second kappa shape index (κ2) is 7.93. The van der Waals surface area contributed by atoms with Crippen molar-refractivity contribution in [2.75, 3.05) is 30.9 Å². The Morgan fingerprint density at radius 2 is 1.76 bits per heavy atom. The molecule has 0 bridgehead atoms. The van der Waals surface area contributed by atoms with E-state index < -0.39 is 29.9 Å². The molecular formula is C20H20Cl2N4O3. The molecule has 1 aliphatic rings. The molecule has 2 aromatic carbocycles. The van der Waals surface area contributed by atoms with Crippen LogP contribution in [-0.2, 0) is 15.1 Å². The quantitative estimate of drug-likeness (QED) is 0.705. The van der Waals surface area contributed by atoms with Crippen LogP contribution in [0, 0.1) is 0 Å². The molecule has 1 atom stereocenters. The highest BCUT2D eigenvalue weighted by Gasteiger charge is 2.49. The molecular weight excluding hydrogens is 415 g/mol. The van der Waals surface area contributed by atoms with Gasteiger partial charge in [0.1, 0.15) is 12.1 Å². The summed E-state index contributed by atoms with van der Waals surface area (Å²) in [4.78, 5) is 40.5. The van der Waals surface area contributed by atoms with Crippen molar-refractivity contribution in [1.82, 2.24) is 10.2 Å². The molecule has 1 aliphatic heterocycles. The number of carbonyl (C=O) groups excluding carboxylic acids is 3. The van der Waals surface area contributed by atoms with Crippen LogP contribution >= 0.6 is 23.2 Å². The van der Waals surface area contributed by atoms with Crippen molar-refractivity contribution in [1.29, 1.82) is 0 Å². The lowest BCUT2D eigenvalue weighted by molar-refractivity contribution is -0.133. The number of amides is 4. The molecule has 0 aromatic heterocycles. The van der Waals surface area contributed by atoms with Gasteiger partial charge in [-0.25, -0.2) is 4.79 Å². The standard InChI is InChI=1S/C20H20Cl2N4O3/c1-20(12-4-9-15(21)16(22)10-12)18(28)26(19(29)24-20)11-17(27)23-13-5-7-14(8-6-13)25(2)3/h4-10H,11H2,1-3H3,(H,23,27)(H,24,29). The van der Waals surface area contributed by atoms with Crippen LogP contribution in [0.5, 0.6) is 0 Å². The molecule has 1 saturated heterocycles. The van der Waals surface area contributed by atoms with Gasteiger partial charge in [-0.1, -0.05) is 29.3 Å². The smallest absolute Gasteiger partial charge is 0.325 e. The molecule has 4 amide bonds. The van der Waals surface area contributed by atoms with Gasteiger partial charge in [0, 0.05) is 25.5 Å². The van der Waals surface area contributed by atoms with E-state index >= 15 is 0 Å². The van der Waals surface area contributed by atoms with Gasteiger partial charge >= 0.3 is 6.03 Å². The van der Waals surface area contributed by atoms with Gasteiger partial charge in [0.05, 0.1) is 10.0 Å². The number of nitrogens with zero attached hydrogens (tertiary/aromatic N) is 2. The van der Waals surface area contributed by atoms with Crippen molar-refractivity contribution in [2.24, 2.45) is 0 Å². The lowest BCUT2D eigenvalue weighted by Gasteiger charge is -2.22. The predicted octanol–water partition coefficient (Wildman–Crippen LogP) is 3.47. The largest absolute Gasteiger partial charge is 0.378 e. The van der Waals surface area contributed by atoms with E-state index in [1.165, 1.54) is 6.07 Å². The number of benzene rings is 2. The summed E-state index contributed by atoms with van der Waals surface area (Å²) in [6, 6.07) is 11.2. The Labute approximate surface area is 178 Å². The lowest BCUT2D eigenvalue weighted by Crippen LogP contribution is -2.42. The molecule has 0 radical (unpaired) electrons. The number of hydrogen-bond acceptors (Lipinski definition) is 4. The molecule has 1 heterocycles. The zero-order valence-electron chi connectivity index (χ0n) is 16.1. The van der Waals surface area contributed by atoms with Gasteiger partial charge in [0.25, 0.3) is 5.91 Å². The molecule has 0 saturated carbocycles. The molecule has 29 heavy (non-hydrogen) atoms. The van der Waals surface area contributed by atoms with Crippen LogP contribution in [0.2, 0.25) is 10.0 Å². The Bertz CT molecular complexity index is 978. The summed E-state index contributed by atoms with van der Waals surface area (Å²) >= 11 is 12.0. The molecule has 0 aliphatic carbocycles. The van der Waals surface area contributed by atoms with Crippen LogP contribution in [0.1, 0.15) is 12.5 Å². The SMILES string of the molecule is CN(C)c1ccc(NC(=O)CN2C(=O)NC(C)(c3ccc(Cl)c(Cl)c3)C2=O)cc1. The van der Waals surface area contributed by atoms with Crippen molar-refractivity contribution in [3.63, 3.8) is 0 Å². The third-order valence-electron chi connectivity index (χ3n) is 4.74. The maximum Gasteiger partial charge on any atom is 0.325 e. The third kappa shape index (κ3) is 4.16. The summed E-state index contributed by atoms with van der Waals surface area (Å²) in [6.45, 7) is 1.15. The van der Waals surface area contributed by atoms with Crippen molar-refractivity contribution >= 4 is 52.4 Å². The highest BCUT2D eigenvalue weighted by Crippen LogP contribution is 2.33. The second-order valence-corrected chi connectivity index (χ2v) is 7.88. The van der Waals surface area contributed by atoms with E-state index in [1.54, 1.807) is 31.2 Å². The van der Waals surface area contributed by atoms with Crippen molar-refractivity contribution < 1.29 is 14.4 Å². The van der Waals surface area contributed by atoms with Crippen LogP contribution in [0.25, 0.3) is 0 Å². The van der Waals surface area contributed by atoms with E-state index in [1.807, 2.05) is 31.1 Å². The minimum atomic E-state index is -1.33. The number of hydrogen-bond donors (Lipinski definition) is 2. The zero-order valence-corrected chi connectivity index (χ0v) is 17.6. The van der Waals surface area contributed by atoms with Crippen LogP contribution in [0.15, 0.2) is 42.5 Å². The highest BCUT2D eigenvalue weighted by molar-refractivity contribution is 6.42. The van der Waals surface area contributed by atoms with Crippen molar-refractivity contribution in [3.05, 3.63) is 58.1 Å². The maximum atomic E-state index is 12.9. The first-order valence-electron chi connectivity index (χ1n) is 8.78. The first kappa shape index (κ1) is 21.0. The van der Waals surface area contributed by atoms with Crippen LogP contribution in [-0.4, -0.2) is 43.4 Å². The van der Waals surface area contributed by atoms with Crippen LogP contribution in [0.4, 0.5) is 16.2 Å². The van der Waals surface area contributed by atoms with Gasteiger partial charge in [0.15, 0.2) is 0 Å². The summed E-state index contributed by atoms with van der Waals surface area (Å²) in [5.74, 6) is -1.02. The van der Waals surface area contributed by atoms with E-state index in [-0.39, 0.29) is 5.02 Å². The number of imide groups is 1. The topological polar surface area (TPSA) is 81.8 Å². The first-order valence-corrected chi connectivity index (χ1v) is 9.54. The molecule has 1 unspecified atom stereocenters. The molecule has 2 N–H and O–H groups in total. The molecule has 9 heteroatoms. The average Bonchev–Trinajstić information content (AvgIpc) is 2.88. The molecule has 7 nitrogen and oxygen atoms in total. The molecule has 2 aromatic rings. The van der Waals surface area contributed by atoms with Gasteiger partial charge in [0.2, 0.25) is 5.91 Å². The second-order valence-electron chi connectivity index (χ2n) is 7.06. The highest BCUT2D eigenvalue weighted by atomic mass is 35.5. The van der Waals surface area contributed by atoms with Gasteiger partial charge in [-0.15, -0.1) is 0 Å². The Hall–Kier alpha value is -2.77. The zero-order chi connectivity index (χ0) is 21.3. The van der Waals surface area contributed by atoms with Gasteiger partial charge in [-0.05, 0) is 48.9 Å². The molecule has 0 spiro atoms. The van der Waals surface area contributed by atoms with E-state index in [0.29, 0.717) is 16.3 Å². The van der Waals surface area contributed by atoms with Crippen molar-refractivity contribution in [2.45, 2.75) is 12.5 Å². The molecule has 3 rings (SSSR count). The summed E-state index contributed by atoms with van der Waals surface area (Å²) in [5, 5.41) is 5.93. The molecule has 1 fully saturated rings. The molecule has 152 valence electrons. The average molecular weight is 435 g/mol. The van der Waals surface area contributed by atoms with E-state index in [0.717, 1.165) is 10.6 Å². The Morgan fingerprint density at radius 1 is 1.10 bits per heavy atom. The minimum Gasteiger partial charge on any atom is -0.378 e. The fourth-order valence-electron chi connectivity index (χ4n) is 3.03.